The van der Waals surface area contributed by atoms with Crippen molar-refractivity contribution in [3.05, 3.63) is 0 Å². The number of esters is 1. The number of Topliss-reactive ketones (excluding diaryl/α,β-unsaturated/α-hetero) is 3. The first-order valence-electron chi connectivity index (χ1n) is 13.7. The van der Waals surface area contributed by atoms with Crippen molar-refractivity contribution in [2.75, 3.05) is 0 Å². The van der Waals surface area contributed by atoms with Gasteiger partial charge in [0.25, 0.3) is 0 Å². The lowest BCUT2D eigenvalue weighted by Crippen LogP contribution is -2.28. The Balaban J connectivity index is 1.74. The van der Waals surface area contributed by atoms with Gasteiger partial charge in [-0.15, -0.1) is 0 Å². The fourth-order valence-electron chi connectivity index (χ4n) is 4.48. The maximum atomic E-state index is 11.8. The summed E-state index contributed by atoms with van der Waals surface area (Å²) in [4.78, 5) is 45.6. The van der Waals surface area contributed by atoms with Gasteiger partial charge in [0.05, 0.1) is 0 Å². The number of ketones is 3. The van der Waals surface area contributed by atoms with Crippen molar-refractivity contribution in [2.45, 2.75) is 154 Å². The molecule has 0 atom stereocenters. The molecule has 0 amide bonds. The number of ether oxygens (including phenoxy) is 1. The first-order chi connectivity index (χ1) is 16.0. The minimum Gasteiger partial charge on any atom is -0.446 e. The van der Waals surface area contributed by atoms with Crippen LogP contribution in [0.4, 0.5) is 0 Å². The third-order valence-corrected chi connectivity index (χ3v) is 6.61. The van der Waals surface area contributed by atoms with Gasteiger partial charge in [-0.1, -0.05) is 103 Å². The third kappa shape index (κ3) is 16.7. The molecule has 1 saturated carbocycles. The monoisotopic (exact) mass is 464 g/mol. The molecule has 0 bridgehead atoms. The van der Waals surface area contributed by atoms with Gasteiger partial charge in [-0.3, -0.25) is 14.4 Å². The Morgan fingerprint density at radius 1 is 0.576 bits per heavy atom. The summed E-state index contributed by atoms with van der Waals surface area (Å²) in [6.45, 7) is 1.68. The van der Waals surface area contributed by atoms with Gasteiger partial charge in [-0.05, 0) is 19.8 Å². The van der Waals surface area contributed by atoms with Gasteiger partial charge in [0.15, 0.2) is 11.6 Å². The van der Waals surface area contributed by atoms with Crippen LogP contribution < -0.4 is 0 Å². The van der Waals surface area contributed by atoms with E-state index in [2.05, 4.69) is 0 Å². The quantitative estimate of drug-likeness (QED) is 0.0960. The average Bonchev–Trinajstić information content (AvgIpc) is 3.09. The Hall–Kier alpha value is -1.52. The van der Waals surface area contributed by atoms with Gasteiger partial charge in [0.2, 0.25) is 6.10 Å². The zero-order chi connectivity index (χ0) is 24.2. The molecule has 0 spiro atoms. The summed E-state index contributed by atoms with van der Waals surface area (Å²) in [5.41, 5.74) is 0. The Kier molecular flexibility index (Phi) is 17.8. The van der Waals surface area contributed by atoms with Crippen molar-refractivity contribution in [3.8, 4) is 0 Å². The van der Waals surface area contributed by atoms with Crippen molar-refractivity contribution in [3.63, 3.8) is 0 Å². The summed E-state index contributed by atoms with van der Waals surface area (Å²) >= 11 is 0. The molecule has 190 valence electrons. The number of hydrogen-bond acceptors (Lipinski definition) is 5. The van der Waals surface area contributed by atoms with Crippen molar-refractivity contribution in [2.24, 2.45) is 0 Å². The molecule has 0 aromatic rings. The lowest BCUT2D eigenvalue weighted by molar-refractivity contribution is -0.157. The van der Waals surface area contributed by atoms with E-state index in [1.54, 1.807) is 6.92 Å². The molecule has 1 aliphatic rings. The molecule has 0 aromatic carbocycles. The normalized spacial score (nSPS) is 14.2. The fourth-order valence-corrected chi connectivity index (χ4v) is 4.48. The molecule has 5 nitrogen and oxygen atoms in total. The molecule has 33 heavy (non-hydrogen) atoms. The summed E-state index contributed by atoms with van der Waals surface area (Å²) in [6.07, 6.45) is 22.8. The van der Waals surface area contributed by atoms with E-state index in [1.807, 2.05) is 0 Å². The molecule has 0 saturated heterocycles. The van der Waals surface area contributed by atoms with E-state index >= 15 is 0 Å². The highest BCUT2D eigenvalue weighted by Crippen LogP contribution is 2.17. The first kappa shape index (κ1) is 29.5. The predicted molar refractivity (Wildman–Crippen MR) is 132 cm³/mol. The number of carbonyl (C=O) groups is 4. The van der Waals surface area contributed by atoms with Gasteiger partial charge in [0.1, 0.15) is 5.78 Å². The first-order valence-corrected chi connectivity index (χ1v) is 13.7. The molecule has 0 radical (unpaired) electrons. The van der Waals surface area contributed by atoms with E-state index in [0.29, 0.717) is 12.2 Å². The highest BCUT2D eigenvalue weighted by atomic mass is 16.5. The zero-order valence-corrected chi connectivity index (χ0v) is 21.2. The molecule has 0 N–H and O–H groups in total. The highest BCUT2D eigenvalue weighted by Gasteiger charge is 2.35. The lowest BCUT2D eigenvalue weighted by Gasteiger charge is -2.09. The molecule has 0 heterocycles. The SMILES string of the molecule is CC(=O)CCCCCCCCCCCCCCCCCCCCC(=O)OC1C(=O)CCC1=O. The molecule has 1 aliphatic carbocycles. The predicted octanol–water partition coefficient (Wildman–Crippen LogP) is 7.22. The summed E-state index contributed by atoms with van der Waals surface area (Å²) in [5.74, 6) is -0.594. The number of unbranched alkanes of at least 4 members (excludes halogenated alkanes) is 17. The maximum absolute atomic E-state index is 11.8. The van der Waals surface area contributed by atoms with Crippen LogP contribution in [0.1, 0.15) is 148 Å². The zero-order valence-electron chi connectivity index (χ0n) is 21.2. The Bertz CT molecular complexity index is 553. The van der Waals surface area contributed by atoms with Gasteiger partial charge < -0.3 is 9.53 Å². The third-order valence-electron chi connectivity index (χ3n) is 6.61. The Morgan fingerprint density at radius 2 is 0.879 bits per heavy atom. The molecule has 1 fully saturated rings. The van der Waals surface area contributed by atoms with Crippen molar-refractivity contribution in [1.29, 1.82) is 0 Å². The van der Waals surface area contributed by atoms with Crippen LogP contribution in [0.25, 0.3) is 0 Å². The van der Waals surface area contributed by atoms with Crippen molar-refractivity contribution >= 4 is 23.3 Å². The van der Waals surface area contributed by atoms with Crippen LogP contribution in [0.15, 0.2) is 0 Å². The van der Waals surface area contributed by atoms with E-state index < -0.39 is 12.1 Å². The summed E-state index contributed by atoms with van der Waals surface area (Å²) in [7, 11) is 0. The minimum atomic E-state index is -1.11. The second-order valence-corrected chi connectivity index (χ2v) is 9.87. The number of rotatable bonds is 22. The Labute approximate surface area is 201 Å². The van der Waals surface area contributed by atoms with Crippen LogP contribution >= 0.6 is 0 Å². The van der Waals surface area contributed by atoms with Gasteiger partial charge in [0, 0.05) is 25.7 Å². The largest absolute Gasteiger partial charge is 0.446 e. The van der Waals surface area contributed by atoms with Gasteiger partial charge in [-0.25, -0.2) is 0 Å². The number of carbonyl (C=O) groups excluding carboxylic acids is 4. The number of hydrogen-bond donors (Lipinski definition) is 0. The topological polar surface area (TPSA) is 77.5 Å². The molecule has 5 heteroatoms. The molecule has 0 aromatic heterocycles. The van der Waals surface area contributed by atoms with E-state index in [9.17, 15) is 19.2 Å². The van der Waals surface area contributed by atoms with E-state index in [0.717, 1.165) is 32.1 Å². The lowest BCUT2D eigenvalue weighted by atomic mass is 10.0. The summed E-state index contributed by atoms with van der Waals surface area (Å²) in [6, 6.07) is 0. The van der Waals surface area contributed by atoms with E-state index in [-0.39, 0.29) is 24.4 Å². The van der Waals surface area contributed by atoms with Crippen LogP contribution in [0.3, 0.4) is 0 Å². The van der Waals surface area contributed by atoms with Gasteiger partial charge in [-0.2, -0.15) is 0 Å². The van der Waals surface area contributed by atoms with Crippen LogP contribution in [-0.4, -0.2) is 29.4 Å². The van der Waals surface area contributed by atoms with Crippen LogP contribution in [0, 0.1) is 0 Å². The van der Waals surface area contributed by atoms with Crippen LogP contribution in [0.2, 0.25) is 0 Å². The fraction of sp³-hybridized carbons (Fsp3) is 0.857. The molecule has 0 aliphatic heterocycles. The standard InChI is InChI=1S/C28H48O5/c1-24(29)20-18-16-14-12-10-8-6-4-2-3-5-7-9-11-13-15-17-19-21-27(32)33-28-25(30)22-23-26(28)31/h28H,2-23H2,1H3. The molecular formula is C28H48O5. The second kappa shape index (κ2) is 19.9. The van der Waals surface area contributed by atoms with E-state index in [4.69, 9.17) is 4.74 Å². The van der Waals surface area contributed by atoms with E-state index in [1.165, 1.54) is 89.9 Å². The molecular weight excluding hydrogens is 416 g/mol. The summed E-state index contributed by atoms with van der Waals surface area (Å²) in [5, 5.41) is 0. The van der Waals surface area contributed by atoms with Gasteiger partial charge >= 0.3 is 5.97 Å². The smallest absolute Gasteiger partial charge is 0.306 e. The minimum absolute atomic E-state index is 0.211. The molecule has 0 unspecified atom stereocenters. The Morgan fingerprint density at radius 3 is 1.21 bits per heavy atom. The summed E-state index contributed by atoms with van der Waals surface area (Å²) < 4.78 is 5.03. The highest BCUT2D eigenvalue weighted by molar-refractivity contribution is 6.12. The van der Waals surface area contributed by atoms with Crippen molar-refractivity contribution < 1.29 is 23.9 Å². The van der Waals surface area contributed by atoms with Crippen LogP contribution in [0.5, 0.6) is 0 Å². The van der Waals surface area contributed by atoms with Crippen LogP contribution in [-0.2, 0) is 23.9 Å². The molecule has 1 rings (SSSR count). The van der Waals surface area contributed by atoms with Crippen molar-refractivity contribution in [1.82, 2.24) is 0 Å². The second-order valence-electron chi connectivity index (χ2n) is 9.87. The maximum Gasteiger partial charge on any atom is 0.306 e. The average molecular weight is 465 g/mol.